The number of rotatable bonds is 8. The maximum atomic E-state index is 12.7. The van der Waals surface area contributed by atoms with Gasteiger partial charge < -0.3 is 5.32 Å². The van der Waals surface area contributed by atoms with Crippen LogP contribution in [0.4, 0.5) is 5.69 Å². The molecule has 1 amide bonds. The molecule has 2 aromatic carbocycles. The van der Waals surface area contributed by atoms with Gasteiger partial charge in [0.2, 0.25) is 5.91 Å². The Hall–Kier alpha value is -2.34. The summed E-state index contributed by atoms with van der Waals surface area (Å²) in [5, 5.41) is 3.05. The lowest BCUT2D eigenvalue weighted by molar-refractivity contribution is -0.123. The number of hydrogen-bond acceptors (Lipinski definition) is 3. The van der Waals surface area contributed by atoms with Crippen LogP contribution in [0.15, 0.2) is 47.4 Å². The Kier molecular flexibility index (Phi) is 6.03. The predicted molar refractivity (Wildman–Crippen MR) is 117 cm³/mol. The van der Waals surface area contributed by atoms with Crippen LogP contribution in [-0.4, -0.2) is 20.9 Å². The molecule has 29 heavy (non-hydrogen) atoms. The summed E-state index contributed by atoms with van der Waals surface area (Å²) in [6, 6.07) is 12.3. The van der Waals surface area contributed by atoms with E-state index in [-0.39, 0.29) is 10.8 Å². The van der Waals surface area contributed by atoms with Crippen LogP contribution in [0.1, 0.15) is 49.8 Å². The van der Waals surface area contributed by atoms with Gasteiger partial charge in [-0.1, -0.05) is 32.0 Å². The SMILES string of the molecule is Cc1ccc(S(=O)(=O)Nc2ccc(C3(C(=O)NCCC(C)C)CC3)cc2)cc1C. The predicted octanol–water partition coefficient (Wildman–Crippen LogP) is 4.30. The van der Waals surface area contributed by atoms with Crippen LogP contribution < -0.4 is 10.0 Å². The molecule has 0 atom stereocenters. The van der Waals surface area contributed by atoms with E-state index in [1.165, 1.54) is 0 Å². The molecule has 5 nitrogen and oxygen atoms in total. The number of aryl methyl sites for hydroxylation is 2. The molecule has 0 spiro atoms. The lowest BCUT2D eigenvalue weighted by Crippen LogP contribution is -2.35. The number of benzene rings is 2. The van der Waals surface area contributed by atoms with Crippen molar-refractivity contribution in [3.8, 4) is 0 Å². The summed E-state index contributed by atoms with van der Waals surface area (Å²) < 4.78 is 28.0. The van der Waals surface area contributed by atoms with Gasteiger partial charge in [-0.05, 0) is 80.0 Å². The van der Waals surface area contributed by atoms with E-state index >= 15 is 0 Å². The highest BCUT2D eigenvalue weighted by Gasteiger charge is 2.51. The first kappa shape index (κ1) is 21.4. The second-order valence-electron chi connectivity index (χ2n) is 8.45. The number of anilines is 1. The normalized spacial score (nSPS) is 15.2. The topological polar surface area (TPSA) is 75.3 Å². The average Bonchev–Trinajstić information content (AvgIpc) is 3.46. The van der Waals surface area contributed by atoms with E-state index in [0.717, 1.165) is 36.0 Å². The Morgan fingerprint density at radius 2 is 1.69 bits per heavy atom. The zero-order chi connectivity index (χ0) is 21.2. The highest BCUT2D eigenvalue weighted by molar-refractivity contribution is 7.92. The first-order valence-electron chi connectivity index (χ1n) is 10.1. The van der Waals surface area contributed by atoms with E-state index < -0.39 is 15.4 Å². The molecule has 0 saturated heterocycles. The van der Waals surface area contributed by atoms with Crippen LogP contribution in [0.5, 0.6) is 0 Å². The van der Waals surface area contributed by atoms with Crippen LogP contribution in [0.3, 0.4) is 0 Å². The van der Waals surface area contributed by atoms with Gasteiger partial charge in [0.15, 0.2) is 0 Å². The second-order valence-corrected chi connectivity index (χ2v) is 10.1. The molecular weight excluding hydrogens is 384 g/mol. The highest BCUT2D eigenvalue weighted by Crippen LogP contribution is 2.48. The van der Waals surface area contributed by atoms with Crippen LogP contribution in [0.2, 0.25) is 0 Å². The van der Waals surface area contributed by atoms with Crippen molar-refractivity contribution < 1.29 is 13.2 Å². The van der Waals surface area contributed by atoms with Gasteiger partial charge in [-0.25, -0.2) is 8.42 Å². The molecule has 1 aliphatic carbocycles. The number of nitrogens with one attached hydrogen (secondary N) is 2. The van der Waals surface area contributed by atoms with E-state index in [0.29, 0.717) is 18.2 Å². The molecule has 0 bridgehead atoms. The summed E-state index contributed by atoms with van der Waals surface area (Å²) in [5.74, 6) is 0.622. The van der Waals surface area contributed by atoms with Crippen LogP contribution in [-0.2, 0) is 20.2 Å². The number of sulfonamides is 1. The van der Waals surface area contributed by atoms with Crippen LogP contribution in [0.25, 0.3) is 0 Å². The van der Waals surface area contributed by atoms with E-state index in [4.69, 9.17) is 0 Å². The van der Waals surface area contributed by atoms with Gasteiger partial charge in [-0.15, -0.1) is 0 Å². The van der Waals surface area contributed by atoms with Gasteiger partial charge in [0.05, 0.1) is 10.3 Å². The van der Waals surface area contributed by atoms with Crippen molar-refractivity contribution in [2.75, 3.05) is 11.3 Å². The summed E-state index contributed by atoms with van der Waals surface area (Å²) >= 11 is 0. The van der Waals surface area contributed by atoms with E-state index in [2.05, 4.69) is 23.9 Å². The molecule has 1 saturated carbocycles. The van der Waals surface area contributed by atoms with Crippen LogP contribution >= 0.6 is 0 Å². The van der Waals surface area contributed by atoms with Crippen LogP contribution in [0, 0.1) is 19.8 Å². The number of amides is 1. The van der Waals surface area contributed by atoms with Crippen molar-refractivity contribution in [2.24, 2.45) is 5.92 Å². The molecule has 2 aromatic rings. The quantitative estimate of drug-likeness (QED) is 0.676. The van der Waals surface area contributed by atoms with Crippen molar-refractivity contribution in [3.63, 3.8) is 0 Å². The fourth-order valence-electron chi connectivity index (χ4n) is 3.37. The van der Waals surface area contributed by atoms with Crippen molar-refractivity contribution in [1.29, 1.82) is 0 Å². The summed E-state index contributed by atoms with van der Waals surface area (Å²) in [6.07, 6.45) is 2.61. The van der Waals surface area contributed by atoms with E-state index in [1.54, 1.807) is 24.3 Å². The molecular formula is C23H30N2O3S. The molecule has 6 heteroatoms. The fourth-order valence-corrected chi connectivity index (χ4v) is 4.51. The molecule has 0 radical (unpaired) electrons. The molecule has 156 valence electrons. The molecule has 3 rings (SSSR count). The number of carbonyl (C=O) groups excluding carboxylic acids is 1. The summed E-state index contributed by atoms with van der Waals surface area (Å²) in [6.45, 7) is 8.80. The molecule has 0 aliphatic heterocycles. The van der Waals surface area contributed by atoms with Gasteiger partial charge in [0, 0.05) is 12.2 Å². The third-order valence-electron chi connectivity index (χ3n) is 5.67. The first-order chi connectivity index (χ1) is 13.6. The van der Waals surface area contributed by atoms with Crippen molar-refractivity contribution in [3.05, 3.63) is 59.2 Å². The Bertz CT molecular complexity index is 991. The second kappa shape index (κ2) is 8.19. The van der Waals surface area contributed by atoms with Crippen molar-refractivity contribution in [2.45, 2.75) is 57.3 Å². The Morgan fingerprint density at radius 1 is 1.03 bits per heavy atom. The smallest absolute Gasteiger partial charge is 0.261 e. The molecule has 0 aromatic heterocycles. The Balaban J connectivity index is 1.70. The van der Waals surface area contributed by atoms with Crippen molar-refractivity contribution >= 4 is 21.6 Å². The van der Waals surface area contributed by atoms with Gasteiger partial charge in [-0.3, -0.25) is 9.52 Å². The third kappa shape index (κ3) is 4.81. The lowest BCUT2D eigenvalue weighted by atomic mass is 9.94. The number of hydrogen-bond donors (Lipinski definition) is 2. The molecule has 1 aliphatic rings. The Morgan fingerprint density at radius 3 is 2.24 bits per heavy atom. The summed E-state index contributed by atoms with van der Waals surface area (Å²) in [4.78, 5) is 12.9. The minimum atomic E-state index is -3.65. The van der Waals surface area contributed by atoms with E-state index in [1.807, 2.05) is 32.0 Å². The number of carbonyl (C=O) groups is 1. The first-order valence-corrected chi connectivity index (χ1v) is 11.6. The molecule has 2 N–H and O–H groups in total. The standard InChI is InChI=1S/C23H30N2O3S/c1-16(2)11-14-24-22(26)23(12-13-23)19-6-8-20(9-7-19)25-29(27,28)21-10-5-17(3)18(4)15-21/h5-10,15-16,25H,11-14H2,1-4H3,(H,24,26). The molecule has 1 fully saturated rings. The van der Waals surface area contributed by atoms with Gasteiger partial charge >= 0.3 is 0 Å². The van der Waals surface area contributed by atoms with Gasteiger partial charge in [0.1, 0.15) is 0 Å². The fraction of sp³-hybridized carbons (Fsp3) is 0.435. The highest BCUT2D eigenvalue weighted by atomic mass is 32.2. The minimum Gasteiger partial charge on any atom is -0.355 e. The van der Waals surface area contributed by atoms with E-state index in [9.17, 15) is 13.2 Å². The third-order valence-corrected chi connectivity index (χ3v) is 7.05. The largest absolute Gasteiger partial charge is 0.355 e. The lowest BCUT2D eigenvalue weighted by Gasteiger charge is -2.17. The minimum absolute atomic E-state index is 0.0709. The van der Waals surface area contributed by atoms with Crippen molar-refractivity contribution in [1.82, 2.24) is 5.32 Å². The molecule has 0 unspecified atom stereocenters. The van der Waals surface area contributed by atoms with Gasteiger partial charge in [0.25, 0.3) is 10.0 Å². The average molecular weight is 415 g/mol. The Labute approximate surface area is 174 Å². The zero-order valence-electron chi connectivity index (χ0n) is 17.6. The summed E-state index contributed by atoms with van der Waals surface area (Å²) in [5.41, 5.74) is 2.95. The van der Waals surface area contributed by atoms with Gasteiger partial charge in [-0.2, -0.15) is 0 Å². The summed E-state index contributed by atoms with van der Waals surface area (Å²) in [7, 11) is -3.65. The monoisotopic (exact) mass is 414 g/mol. The zero-order valence-corrected chi connectivity index (χ0v) is 18.4. The maximum absolute atomic E-state index is 12.7. The maximum Gasteiger partial charge on any atom is 0.261 e. The molecule has 0 heterocycles.